The summed E-state index contributed by atoms with van der Waals surface area (Å²) in [7, 11) is 0. The third-order valence-electron chi connectivity index (χ3n) is 3.21. The maximum Gasteiger partial charge on any atom is 0.224 e. The second kappa shape index (κ2) is 5.96. The van der Waals surface area contributed by atoms with E-state index in [0.717, 1.165) is 18.4 Å². The molecule has 1 amide bonds. The van der Waals surface area contributed by atoms with Gasteiger partial charge < -0.3 is 10.4 Å². The number of nitrogens with one attached hydrogen (secondary N) is 1. The lowest BCUT2D eigenvalue weighted by Crippen LogP contribution is -2.28. The van der Waals surface area contributed by atoms with E-state index < -0.39 is 0 Å². The Morgan fingerprint density at radius 2 is 2.06 bits per heavy atom. The van der Waals surface area contributed by atoms with Gasteiger partial charge in [-0.25, -0.2) is 4.39 Å². The van der Waals surface area contributed by atoms with E-state index in [2.05, 4.69) is 5.32 Å². The summed E-state index contributed by atoms with van der Waals surface area (Å²) < 4.78 is 12.7. The van der Waals surface area contributed by atoms with Crippen LogP contribution in [0, 0.1) is 11.7 Å². The van der Waals surface area contributed by atoms with Gasteiger partial charge in [-0.3, -0.25) is 4.79 Å². The van der Waals surface area contributed by atoms with E-state index in [1.165, 1.54) is 12.1 Å². The monoisotopic (exact) mass is 251 g/mol. The molecule has 1 atom stereocenters. The van der Waals surface area contributed by atoms with E-state index in [4.69, 9.17) is 0 Å². The minimum atomic E-state index is -0.299. The summed E-state index contributed by atoms with van der Waals surface area (Å²) in [5, 5.41) is 12.4. The number of carbonyl (C=O) groups excluding carboxylic acids is 1. The Bertz CT molecular complexity index is 401. The minimum Gasteiger partial charge on any atom is -0.393 e. The Morgan fingerprint density at radius 1 is 1.39 bits per heavy atom. The van der Waals surface area contributed by atoms with Crippen molar-refractivity contribution in [2.45, 2.75) is 31.8 Å². The summed E-state index contributed by atoms with van der Waals surface area (Å²) >= 11 is 0. The van der Waals surface area contributed by atoms with Crippen LogP contribution >= 0.6 is 0 Å². The molecule has 0 bridgehead atoms. The molecule has 2 rings (SSSR count). The molecule has 1 saturated carbocycles. The zero-order chi connectivity index (χ0) is 13.0. The summed E-state index contributed by atoms with van der Waals surface area (Å²) in [6, 6.07) is 5.90. The second-order valence-corrected chi connectivity index (χ2v) is 4.85. The first-order valence-corrected chi connectivity index (χ1v) is 6.34. The smallest absolute Gasteiger partial charge is 0.224 e. The van der Waals surface area contributed by atoms with Crippen LogP contribution in [0.25, 0.3) is 0 Å². The van der Waals surface area contributed by atoms with Crippen molar-refractivity contribution in [2.24, 2.45) is 5.92 Å². The molecule has 4 heteroatoms. The molecule has 0 radical (unpaired) electrons. The normalized spacial score (nSPS) is 16.3. The molecular formula is C14H18FNO2. The highest BCUT2D eigenvalue weighted by Gasteiger charge is 2.29. The first-order valence-electron chi connectivity index (χ1n) is 6.34. The highest BCUT2D eigenvalue weighted by atomic mass is 19.1. The van der Waals surface area contributed by atoms with Gasteiger partial charge in [-0.1, -0.05) is 12.1 Å². The summed E-state index contributed by atoms with van der Waals surface area (Å²) in [6.07, 6.45) is 2.78. The van der Waals surface area contributed by atoms with Crippen LogP contribution in [0.5, 0.6) is 0 Å². The Kier molecular flexibility index (Phi) is 4.31. The molecule has 0 unspecified atom stereocenters. The summed E-state index contributed by atoms with van der Waals surface area (Å²) in [5.41, 5.74) is 0.789. The third kappa shape index (κ3) is 4.11. The number of amides is 1. The fourth-order valence-electron chi connectivity index (χ4n) is 1.93. The van der Waals surface area contributed by atoms with Crippen LogP contribution in [-0.4, -0.2) is 23.7 Å². The maximum absolute atomic E-state index is 12.7. The second-order valence-electron chi connectivity index (χ2n) is 4.85. The van der Waals surface area contributed by atoms with Crippen molar-refractivity contribution >= 4 is 5.91 Å². The Morgan fingerprint density at radius 3 is 2.67 bits per heavy atom. The molecule has 0 aliphatic heterocycles. The number of halogens is 1. The molecule has 1 aromatic rings. The van der Waals surface area contributed by atoms with Crippen molar-refractivity contribution in [1.29, 1.82) is 0 Å². The lowest BCUT2D eigenvalue weighted by Gasteiger charge is -2.10. The first-order chi connectivity index (χ1) is 8.65. The average molecular weight is 251 g/mol. The van der Waals surface area contributed by atoms with Gasteiger partial charge in [-0.2, -0.15) is 0 Å². The van der Waals surface area contributed by atoms with Gasteiger partial charge in [0.05, 0.1) is 12.5 Å². The van der Waals surface area contributed by atoms with Crippen LogP contribution in [0.3, 0.4) is 0 Å². The summed E-state index contributed by atoms with van der Waals surface area (Å²) in [5.74, 6) is 0.0512. The van der Waals surface area contributed by atoms with Gasteiger partial charge in [-0.05, 0) is 42.9 Å². The van der Waals surface area contributed by atoms with Crippen molar-refractivity contribution in [3.05, 3.63) is 35.6 Å². The van der Waals surface area contributed by atoms with Gasteiger partial charge in [-0.15, -0.1) is 0 Å². The molecule has 98 valence electrons. The van der Waals surface area contributed by atoms with Crippen molar-refractivity contribution in [3.8, 4) is 0 Å². The minimum absolute atomic E-state index is 0.0930. The molecule has 18 heavy (non-hydrogen) atoms. The van der Waals surface area contributed by atoms with Crippen LogP contribution < -0.4 is 5.32 Å². The van der Waals surface area contributed by atoms with Gasteiger partial charge in [0.25, 0.3) is 0 Å². The fourth-order valence-corrected chi connectivity index (χ4v) is 1.93. The lowest BCUT2D eigenvalue weighted by atomic mass is 10.1. The Hall–Kier alpha value is -1.42. The molecule has 1 aliphatic carbocycles. The lowest BCUT2D eigenvalue weighted by molar-refractivity contribution is -0.120. The number of carbonyl (C=O) groups is 1. The number of benzene rings is 1. The van der Waals surface area contributed by atoms with E-state index in [1.54, 1.807) is 12.1 Å². The predicted octanol–water partition coefficient (Wildman–Crippen LogP) is 1.65. The van der Waals surface area contributed by atoms with Crippen molar-refractivity contribution < 1.29 is 14.3 Å². The van der Waals surface area contributed by atoms with Crippen LogP contribution in [0.2, 0.25) is 0 Å². The summed E-state index contributed by atoms with van der Waals surface area (Å²) in [4.78, 5) is 11.6. The highest BCUT2D eigenvalue weighted by molar-refractivity contribution is 5.78. The molecule has 3 nitrogen and oxygen atoms in total. The van der Waals surface area contributed by atoms with Crippen molar-refractivity contribution in [2.75, 3.05) is 6.54 Å². The largest absolute Gasteiger partial charge is 0.393 e. The molecule has 2 N–H and O–H groups in total. The molecule has 0 heterocycles. The SMILES string of the molecule is O=C(Cc1ccc(F)cc1)NCC[C@@H](O)C1CC1. The van der Waals surface area contributed by atoms with E-state index in [-0.39, 0.29) is 24.2 Å². The number of aliphatic hydroxyl groups is 1. The quantitative estimate of drug-likeness (QED) is 0.807. The predicted molar refractivity (Wildman–Crippen MR) is 66.5 cm³/mol. The van der Waals surface area contributed by atoms with Gasteiger partial charge in [0.1, 0.15) is 5.82 Å². The summed E-state index contributed by atoms with van der Waals surface area (Å²) in [6.45, 7) is 0.498. The van der Waals surface area contributed by atoms with Crippen LogP contribution in [0.4, 0.5) is 4.39 Å². The van der Waals surface area contributed by atoms with E-state index in [0.29, 0.717) is 18.9 Å². The van der Waals surface area contributed by atoms with Gasteiger partial charge in [0, 0.05) is 6.54 Å². The van der Waals surface area contributed by atoms with Crippen LogP contribution in [0.15, 0.2) is 24.3 Å². The number of rotatable bonds is 6. The zero-order valence-corrected chi connectivity index (χ0v) is 10.2. The standard InChI is InChI=1S/C14H18FNO2/c15-12-5-1-10(2-6-12)9-14(18)16-8-7-13(17)11-3-4-11/h1-2,5-6,11,13,17H,3-4,7-9H2,(H,16,18)/t13-/m1/s1. The molecule has 1 aliphatic rings. The van der Waals surface area contributed by atoms with E-state index in [9.17, 15) is 14.3 Å². The molecule has 1 fully saturated rings. The maximum atomic E-state index is 12.7. The van der Waals surface area contributed by atoms with E-state index in [1.807, 2.05) is 0 Å². The van der Waals surface area contributed by atoms with Gasteiger partial charge in [0.2, 0.25) is 5.91 Å². The average Bonchev–Trinajstić information content (AvgIpc) is 3.16. The van der Waals surface area contributed by atoms with Crippen molar-refractivity contribution in [3.63, 3.8) is 0 Å². The Labute approximate surface area is 106 Å². The molecular weight excluding hydrogens is 233 g/mol. The highest BCUT2D eigenvalue weighted by Crippen LogP contribution is 2.33. The molecule has 0 aromatic heterocycles. The first kappa shape index (κ1) is 13.0. The third-order valence-corrected chi connectivity index (χ3v) is 3.21. The number of aliphatic hydroxyl groups excluding tert-OH is 1. The molecule has 0 spiro atoms. The van der Waals surface area contributed by atoms with Crippen LogP contribution in [-0.2, 0) is 11.2 Å². The Balaban J connectivity index is 1.66. The van der Waals surface area contributed by atoms with Crippen molar-refractivity contribution in [1.82, 2.24) is 5.32 Å². The number of hydrogen-bond acceptors (Lipinski definition) is 2. The fraction of sp³-hybridized carbons (Fsp3) is 0.500. The van der Waals surface area contributed by atoms with Crippen LogP contribution in [0.1, 0.15) is 24.8 Å². The zero-order valence-electron chi connectivity index (χ0n) is 10.2. The van der Waals surface area contributed by atoms with Gasteiger partial charge in [0.15, 0.2) is 0 Å². The number of hydrogen-bond donors (Lipinski definition) is 2. The van der Waals surface area contributed by atoms with E-state index >= 15 is 0 Å². The molecule has 0 saturated heterocycles. The van der Waals surface area contributed by atoms with Gasteiger partial charge >= 0.3 is 0 Å². The molecule has 1 aromatic carbocycles. The topological polar surface area (TPSA) is 49.3 Å².